The standard InChI is InChI=1S/C49H43N2O.C15H16N.Ir/c1-29(2)39-26-34(31-21-23-35(24-22-31)49(5,6)7)27-40(30(3)4)46(39)51-44-18-11-10-17-43(44)50-48(51)38-16-12-15-37-42-25-33-20-19-32-13-8-9-14-36(32)41(33)28-45(42)52-47(37)38;1-15(2,3)13-9-10-14(16-11-13)12-7-5-4-6-8-12;/h8-15,17-30H,1-7H3;4-7,9-11H,1-3H3;/q2*-1;. The molecule has 0 aliphatic rings. The molecular weight excluding hydrogens is 1020 g/mol. The summed E-state index contributed by atoms with van der Waals surface area (Å²) in [5, 5.41) is 7.02. The number of nitrogens with zero attached hydrogens (tertiary/aromatic N) is 3. The quantitative estimate of drug-likeness (QED) is 0.123. The van der Waals surface area contributed by atoms with Crippen molar-refractivity contribution in [2.45, 2.75) is 91.9 Å². The Hall–Kier alpha value is -6.65. The van der Waals surface area contributed by atoms with E-state index in [0.29, 0.717) is 0 Å². The van der Waals surface area contributed by atoms with Gasteiger partial charge in [0.2, 0.25) is 0 Å². The Kier molecular flexibility index (Phi) is 12.8. The maximum atomic E-state index is 6.86. The van der Waals surface area contributed by atoms with Crippen LogP contribution in [0.4, 0.5) is 0 Å². The number of imidazole rings is 1. The van der Waals surface area contributed by atoms with E-state index in [4.69, 9.17) is 9.40 Å². The van der Waals surface area contributed by atoms with Gasteiger partial charge in [-0.3, -0.25) is 4.98 Å². The van der Waals surface area contributed by atoms with Crippen molar-refractivity contribution in [3.05, 3.63) is 198 Å². The number of benzene rings is 8. The number of rotatable bonds is 6. The van der Waals surface area contributed by atoms with Crippen molar-refractivity contribution in [2.24, 2.45) is 0 Å². The first kappa shape index (κ1) is 47.4. The smallest absolute Gasteiger partial charge is 0.121 e. The van der Waals surface area contributed by atoms with Crippen molar-refractivity contribution < 1.29 is 24.5 Å². The first-order chi connectivity index (χ1) is 32.6. The van der Waals surface area contributed by atoms with Crippen molar-refractivity contribution in [3.8, 4) is 39.5 Å². The molecule has 11 aromatic rings. The van der Waals surface area contributed by atoms with Gasteiger partial charge < -0.3 is 14.0 Å². The molecule has 4 nitrogen and oxygen atoms in total. The van der Waals surface area contributed by atoms with Crippen LogP contribution in [-0.4, -0.2) is 14.5 Å². The van der Waals surface area contributed by atoms with Crippen LogP contribution >= 0.6 is 0 Å². The summed E-state index contributed by atoms with van der Waals surface area (Å²) in [7, 11) is 0. The van der Waals surface area contributed by atoms with E-state index in [1.54, 1.807) is 0 Å². The summed E-state index contributed by atoms with van der Waals surface area (Å²) in [6.07, 6.45) is 1.95. The van der Waals surface area contributed by atoms with Gasteiger partial charge in [-0.15, -0.1) is 54.1 Å². The average Bonchev–Trinajstić information content (AvgIpc) is 3.91. The van der Waals surface area contributed by atoms with Gasteiger partial charge in [-0.05, 0) is 120 Å². The van der Waals surface area contributed by atoms with Crippen LogP contribution in [0.5, 0.6) is 0 Å². The molecule has 0 amide bonds. The number of hydrogen-bond acceptors (Lipinski definition) is 3. The number of para-hydroxylation sites is 2. The molecule has 8 aromatic carbocycles. The van der Waals surface area contributed by atoms with Crippen LogP contribution < -0.4 is 0 Å². The second-order valence-corrected chi connectivity index (χ2v) is 20.9. The molecule has 0 spiro atoms. The van der Waals surface area contributed by atoms with Gasteiger partial charge in [0.15, 0.2) is 0 Å². The first-order valence-electron chi connectivity index (χ1n) is 24.0. The van der Waals surface area contributed by atoms with Gasteiger partial charge in [0, 0.05) is 37.4 Å². The van der Waals surface area contributed by atoms with Crippen molar-refractivity contribution in [1.82, 2.24) is 14.5 Å². The summed E-state index contributed by atoms with van der Waals surface area (Å²) < 4.78 is 9.25. The van der Waals surface area contributed by atoms with E-state index >= 15 is 0 Å². The topological polar surface area (TPSA) is 43.9 Å². The summed E-state index contributed by atoms with van der Waals surface area (Å²) >= 11 is 0. The molecular formula is C64H59IrN3O-2. The first-order valence-corrected chi connectivity index (χ1v) is 24.0. The summed E-state index contributed by atoms with van der Waals surface area (Å²) in [5.41, 5.74) is 15.7. The van der Waals surface area contributed by atoms with Crippen LogP contribution in [-0.2, 0) is 30.9 Å². The maximum absolute atomic E-state index is 6.86. The van der Waals surface area contributed by atoms with Gasteiger partial charge in [-0.2, -0.15) is 0 Å². The predicted octanol–water partition coefficient (Wildman–Crippen LogP) is 17.8. The Labute approximate surface area is 420 Å². The molecule has 11 rings (SSSR count). The summed E-state index contributed by atoms with van der Waals surface area (Å²) in [5.74, 6) is 1.37. The van der Waals surface area contributed by atoms with Gasteiger partial charge in [0.25, 0.3) is 0 Å². The van der Waals surface area contributed by atoms with E-state index in [9.17, 15) is 0 Å². The maximum Gasteiger partial charge on any atom is 0.121 e. The molecule has 1 radical (unpaired) electrons. The number of pyridine rings is 1. The predicted molar refractivity (Wildman–Crippen MR) is 287 cm³/mol. The molecule has 0 fully saturated rings. The Morgan fingerprint density at radius 3 is 1.88 bits per heavy atom. The van der Waals surface area contributed by atoms with Crippen molar-refractivity contribution in [3.63, 3.8) is 0 Å². The average molecular weight is 1080 g/mol. The molecule has 0 aliphatic carbocycles. The monoisotopic (exact) mass is 1080 g/mol. The fourth-order valence-corrected chi connectivity index (χ4v) is 9.53. The minimum absolute atomic E-state index is 0. The molecule has 0 atom stereocenters. The summed E-state index contributed by atoms with van der Waals surface area (Å²) in [6.45, 7) is 22.6. The van der Waals surface area contributed by atoms with E-state index in [0.717, 1.165) is 55.6 Å². The molecule has 0 unspecified atom stereocenters. The van der Waals surface area contributed by atoms with Gasteiger partial charge in [-0.1, -0.05) is 165 Å². The van der Waals surface area contributed by atoms with Gasteiger partial charge in [-0.25, -0.2) is 0 Å². The third kappa shape index (κ3) is 9.07. The largest absolute Gasteiger partial charge is 0.501 e. The Morgan fingerprint density at radius 1 is 0.551 bits per heavy atom. The van der Waals surface area contributed by atoms with Crippen molar-refractivity contribution in [2.75, 3.05) is 0 Å². The Balaban J connectivity index is 0.000000296. The number of hydrogen-bond donors (Lipinski definition) is 0. The molecule has 0 aliphatic heterocycles. The van der Waals surface area contributed by atoms with Crippen LogP contribution in [0.15, 0.2) is 168 Å². The van der Waals surface area contributed by atoms with E-state index in [1.165, 1.54) is 60.6 Å². The summed E-state index contributed by atoms with van der Waals surface area (Å²) in [4.78, 5) is 9.85. The zero-order valence-corrected chi connectivity index (χ0v) is 43.7. The zero-order valence-electron chi connectivity index (χ0n) is 41.3. The van der Waals surface area contributed by atoms with Crippen LogP contribution in [0, 0.1) is 12.1 Å². The van der Waals surface area contributed by atoms with Gasteiger partial charge in [0.05, 0.1) is 22.4 Å². The van der Waals surface area contributed by atoms with Crippen molar-refractivity contribution in [1.29, 1.82) is 0 Å². The normalized spacial score (nSPS) is 12.1. The molecule has 0 saturated carbocycles. The fourth-order valence-electron chi connectivity index (χ4n) is 9.53. The third-order valence-electron chi connectivity index (χ3n) is 13.4. The van der Waals surface area contributed by atoms with Crippen LogP contribution in [0.3, 0.4) is 0 Å². The second kappa shape index (κ2) is 18.7. The summed E-state index contributed by atoms with van der Waals surface area (Å²) in [6, 6.07) is 62.9. The number of fused-ring (bicyclic) bond motifs is 7. The SMILES string of the molecule is CC(C)(C)c1ccc(-c2[c-]cccc2)nc1.CC(C)c1cc(-c2ccc(C(C)(C)C)cc2)cc(C(C)C)c1-n1c(-c2[c-]ccc3c2oc2cc4c(ccc5ccccc54)cc23)nc2ccccc21.[Ir]. The Bertz CT molecular complexity index is 3590. The molecule has 3 aromatic heterocycles. The molecule has 69 heavy (non-hydrogen) atoms. The molecule has 0 N–H and O–H groups in total. The van der Waals surface area contributed by atoms with E-state index < -0.39 is 0 Å². The minimum atomic E-state index is 0. The number of aromatic nitrogens is 3. The van der Waals surface area contributed by atoms with E-state index in [-0.39, 0.29) is 42.8 Å². The van der Waals surface area contributed by atoms with E-state index in [2.05, 4.69) is 218 Å². The molecule has 347 valence electrons. The molecule has 0 bridgehead atoms. The zero-order chi connectivity index (χ0) is 47.5. The van der Waals surface area contributed by atoms with Crippen LogP contribution in [0.25, 0.3) is 94.0 Å². The molecule has 5 heteroatoms. The number of furan rings is 1. The Morgan fingerprint density at radius 2 is 1.22 bits per heavy atom. The third-order valence-corrected chi connectivity index (χ3v) is 13.4. The van der Waals surface area contributed by atoms with Crippen LogP contribution in [0.2, 0.25) is 0 Å². The van der Waals surface area contributed by atoms with Crippen molar-refractivity contribution >= 4 is 54.5 Å². The van der Waals surface area contributed by atoms with Crippen LogP contribution in [0.1, 0.15) is 103 Å². The molecule has 3 heterocycles. The minimum Gasteiger partial charge on any atom is -0.501 e. The molecule has 0 saturated heterocycles. The fraction of sp³-hybridized carbons (Fsp3) is 0.219. The second-order valence-electron chi connectivity index (χ2n) is 20.9. The van der Waals surface area contributed by atoms with Gasteiger partial charge in [0.1, 0.15) is 5.58 Å². The van der Waals surface area contributed by atoms with Gasteiger partial charge >= 0.3 is 0 Å². The van der Waals surface area contributed by atoms with E-state index in [1.807, 2.05) is 36.5 Å².